The van der Waals surface area contributed by atoms with Crippen LogP contribution < -0.4 is 29.6 Å². The first-order chi connectivity index (χ1) is 22.2. The van der Waals surface area contributed by atoms with Gasteiger partial charge in [-0.2, -0.15) is 13.2 Å². The van der Waals surface area contributed by atoms with Crippen LogP contribution in [0, 0.1) is 5.82 Å². The minimum absolute atomic E-state index is 0.209. The number of hydrogen-bond acceptors (Lipinski definition) is 9. The average Bonchev–Trinajstić information content (AvgIpc) is 3.05. The van der Waals surface area contributed by atoms with Crippen LogP contribution in [0.2, 0.25) is 0 Å². The van der Waals surface area contributed by atoms with Gasteiger partial charge in [0.05, 0.1) is 30.9 Å². The molecule has 15 heteroatoms. The molecule has 2 N–H and O–H groups in total. The standard InChI is InChI=1S/C31H29F4N5O6/c32-23-7-4-20(16-22(23)31(33,34)35)39-30(41)38-19-2-5-21(6-3-19)46-29-26-24(36-18-37-29)17-25(27-28(26)45-15-14-44-27)43-11-1-8-40-9-12-42-13-10-40/h2-7,16-18H,1,8-15H2,(H2,38,39,41). The zero-order valence-electron chi connectivity index (χ0n) is 24.4. The first-order valence-corrected chi connectivity index (χ1v) is 14.5. The molecule has 1 aromatic heterocycles. The Labute approximate surface area is 260 Å². The normalized spacial score (nSPS) is 15.0. The average molecular weight is 644 g/mol. The monoisotopic (exact) mass is 643 g/mol. The highest BCUT2D eigenvalue weighted by Crippen LogP contribution is 2.48. The number of halogens is 4. The van der Waals surface area contributed by atoms with Crippen LogP contribution in [0.15, 0.2) is 54.9 Å². The highest BCUT2D eigenvalue weighted by atomic mass is 19.4. The van der Waals surface area contributed by atoms with Crippen molar-refractivity contribution in [1.29, 1.82) is 0 Å². The van der Waals surface area contributed by atoms with Crippen molar-refractivity contribution in [3.63, 3.8) is 0 Å². The second-order valence-electron chi connectivity index (χ2n) is 10.4. The van der Waals surface area contributed by atoms with Crippen LogP contribution in [0.25, 0.3) is 10.9 Å². The van der Waals surface area contributed by atoms with Crippen LogP contribution in [-0.2, 0) is 10.9 Å². The van der Waals surface area contributed by atoms with E-state index in [2.05, 4.69) is 25.5 Å². The van der Waals surface area contributed by atoms with E-state index in [9.17, 15) is 22.4 Å². The van der Waals surface area contributed by atoms with Crippen molar-refractivity contribution < 1.29 is 46.0 Å². The molecule has 3 aromatic carbocycles. The summed E-state index contributed by atoms with van der Waals surface area (Å²) in [6, 6.07) is 9.32. The summed E-state index contributed by atoms with van der Waals surface area (Å²) in [5.74, 6) is 0.506. The second-order valence-corrected chi connectivity index (χ2v) is 10.4. The Kier molecular flexibility index (Phi) is 9.21. The lowest BCUT2D eigenvalue weighted by atomic mass is 10.1. The van der Waals surface area contributed by atoms with Gasteiger partial charge in [0, 0.05) is 37.1 Å². The molecule has 11 nitrogen and oxygen atoms in total. The van der Waals surface area contributed by atoms with Crippen molar-refractivity contribution in [2.24, 2.45) is 0 Å². The molecule has 6 rings (SSSR count). The molecule has 3 heterocycles. The number of nitrogens with zero attached hydrogens (tertiary/aromatic N) is 3. The van der Waals surface area contributed by atoms with E-state index < -0.39 is 23.6 Å². The Morgan fingerprint density at radius 2 is 1.63 bits per heavy atom. The molecule has 0 radical (unpaired) electrons. The topological polar surface area (TPSA) is 116 Å². The third kappa shape index (κ3) is 7.32. The Morgan fingerprint density at radius 3 is 2.39 bits per heavy atom. The van der Waals surface area contributed by atoms with E-state index in [-0.39, 0.29) is 11.6 Å². The highest BCUT2D eigenvalue weighted by molar-refractivity contribution is 6.00. The summed E-state index contributed by atoms with van der Waals surface area (Å²) in [7, 11) is 0. The van der Waals surface area contributed by atoms with Crippen molar-refractivity contribution in [2.75, 3.05) is 63.3 Å². The quantitative estimate of drug-likeness (QED) is 0.165. The molecule has 242 valence electrons. The molecule has 0 aliphatic carbocycles. The van der Waals surface area contributed by atoms with E-state index in [0.717, 1.165) is 45.3 Å². The van der Waals surface area contributed by atoms with Crippen LogP contribution in [0.4, 0.5) is 33.7 Å². The molecule has 0 spiro atoms. The largest absolute Gasteiger partial charge is 0.489 e. The van der Waals surface area contributed by atoms with E-state index in [1.807, 2.05) is 0 Å². The summed E-state index contributed by atoms with van der Waals surface area (Å²) in [6.07, 6.45) is -2.72. The lowest BCUT2D eigenvalue weighted by molar-refractivity contribution is -0.139. The van der Waals surface area contributed by atoms with E-state index in [1.54, 1.807) is 18.2 Å². The summed E-state index contributed by atoms with van der Waals surface area (Å²) in [5.41, 5.74) is -0.856. The van der Waals surface area contributed by atoms with Gasteiger partial charge in [0.1, 0.15) is 36.5 Å². The number of aromatic nitrogens is 2. The molecule has 4 aromatic rings. The van der Waals surface area contributed by atoms with E-state index in [0.29, 0.717) is 71.5 Å². The second kappa shape index (κ2) is 13.6. The van der Waals surface area contributed by atoms with E-state index in [4.69, 9.17) is 23.7 Å². The Hall–Kier alpha value is -4.89. The molecule has 1 saturated heterocycles. The molecule has 2 aliphatic rings. The lowest BCUT2D eigenvalue weighted by Gasteiger charge is -2.26. The lowest BCUT2D eigenvalue weighted by Crippen LogP contribution is -2.37. The molecule has 46 heavy (non-hydrogen) atoms. The van der Waals surface area contributed by atoms with Crippen LogP contribution in [0.5, 0.6) is 28.9 Å². The fourth-order valence-corrected chi connectivity index (χ4v) is 4.99. The summed E-state index contributed by atoms with van der Waals surface area (Å²) >= 11 is 0. The number of urea groups is 1. The Bertz CT molecular complexity index is 1700. The summed E-state index contributed by atoms with van der Waals surface area (Å²) < 4.78 is 82.0. The van der Waals surface area contributed by atoms with E-state index >= 15 is 0 Å². The number of ether oxygens (including phenoxy) is 5. The number of carbonyl (C=O) groups excluding carboxylic acids is 1. The number of amides is 2. The van der Waals surface area contributed by atoms with Crippen molar-refractivity contribution in [3.8, 4) is 28.9 Å². The number of nitrogens with one attached hydrogen (secondary N) is 2. The number of anilines is 2. The van der Waals surface area contributed by atoms with Gasteiger partial charge < -0.3 is 34.3 Å². The van der Waals surface area contributed by atoms with Crippen LogP contribution in [0.1, 0.15) is 12.0 Å². The van der Waals surface area contributed by atoms with Gasteiger partial charge in [-0.3, -0.25) is 4.90 Å². The van der Waals surface area contributed by atoms with Gasteiger partial charge in [-0.1, -0.05) is 0 Å². The molecule has 0 bridgehead atoms. The fourth-order valence-electron chi connectivity index (χ4n) is 4.99. The van der Waals surface area contributed by atoms with Gasteiger partial charge >= 0.3 is 12.2 Å². The van der Waals surface area contributed by atoms with Gasteiger partial charge in [0.25, 0.3) is 0 Å². The van der Waals surface area contributed by atoms with Crippen LogP contribution >= 0.6 is 0 Å². The van der Waals surface area contributed by atoms with Crippen molar-refractivity contribution in [1.82, 2.24) is 14.9 Å². The first kappa shape index (κ1) is 31.1. The summed E-state index contributed by atoms with van der Waals surface area (Å²) in [5, 5.41) is 5.26. The number of rotatable bonds is 9. The van der Waals surface area contributed by atoms with Gasteiger partial charge in [0.2, 0.25) is 11.6 Å². The number of alkyl halides is 3. The Balaban J connectivity index is 1.12. The first-order valence-electron chi connectivity index (χ1n) is 14.5. The SMILES string of the molecule is O=C(Nc1ccc(Oc2ncnc3cc(OCCCN4CCOCC4)c4c(c23)OCCO4)cc1)Nc1ccc(F)c(C(F)(F)F)c1. The zero-order chi connectivity index (χ0) is 32.1. The van der Waals surface area contributed by atoms with E-state index in [1.165, 1.54) is 18.5 Å². The molecule has 2 aliphatic heterocycles. The minimum atomic E-state index is -4.90. The maximum Gasteiger partial charge on any atom is 0.419 e. The Morgan fingerprint density at radius 1 is 0.913 bits per heavy atom. The van der Waals surface area contributed by atoms with Crippen LogP contribution in [0.3, 0.4) is 0 Å². The zero-order valence-corrected chi connectivity index (χ0v) is 24.4. The fraction of sp³-hybridized carbons (Fsp3) is 0.323. The van der Waals surface area contributed by atoms with Crippen molar-refractivity contribution in [2.45, 2.75) is 12.6 Å². The van der Waals surface area contributed by atoms with Gasteiger partial charge in [0.15, 0.2) is 11.5 Å². The van der Waals surface area contributed by atoms with Crippen molar-refractivity contribution >= 4 is 28.3 Å². The maximum atomic E-state index is 13.6. The highest BCUT2D eigenvalue weighted by Gasteiger charge is 2.34. The predicted molar refractivity (Wildman–Crippen MR) is 158 cm³/mol. The van der Waals surface area contributed by atoms with Crippen LogP contribution in [-0.4, -0.2) is 73.6 Å². The molecular formula is C31H29F4N5O6. The molecule has 0 atom stereocenters. The van der Waals surface area contributed by atoms with Gasteiger partial charge in [-0.05, 0) is 48.9 Å². The third-order valence-corrected chi connectivity index (χ3v) is 7.18. The molecule has 1 fully saturated rings. The predicted octanol–water partition coefficient (Wildman–Crippen LogP) is 6.10. The number of hydrogen-bond donors (Lipinski definition) is 2. The third-order valence-electron chi connectivity index (χ3n) is 7.18. The smallest absolute Gasteiger partial charge is 0.419 e. The number of fused-ring (bicyclic) bond motifs is 3. The molecule has 0 saturated carbocycles. The number of benzene rings is 3. The van der Waals surface area contributed by atoms with Crippen molar-refractivity contribution in [3.05, 3.63) is 66.2 Å². The molecular weight excluding hydrogens is 614 g/mol. The summed E-state index contributed by atoms with van der Waals surface area (Å²) in [6.45, 7) is 5.32. The molecule has 0 unspecified atom stereocenters. The minimum Gasteiger partial charge on any atom is -0.489 e. The summed E-state index contributed by atoms with van der Waals surface area (Å²) in [4.78, 5) is 23.4. The maximum absolute atomic E-state index is 13.6. The van der Waals surface area contributed by atoms with Gasteiger partial charge in [-0.15, -0.1) is 0 Å². The number of carbonyl (C=O) groups is 1. The van der Waals surface area contributed by atoms with Gasteiger partial charge in [-0.25, -0.2) is 19.2 Å². The molecule has 2 amide bonds. The number of morpholine rings is 1.